The Bertz CT molecular complexity index is 239. The van der Waals surface area contributed by atoms with Crippen LogP contribution in [0.25, 0.3) is 0 Å². The Hall–Kier alpha value is -1.63. The first-order valence-corrected chi connectivity index (χ1v) is 5.12. The average molecular weight is 248 g/mol. The summed E-state index contributed by atoms with van der Waals surface area (Å²) in [7, 11) is 3.86. The summed E-state index contributed by atoms with van der Waals surface area (Å²) < 4.78 is 0. The molecule has 0 aliphatic heterocycles. The zero-order chi connectivity index (χ0) is 13.8. The minimum atomic E-state index is -0.996. The van der Waals surface area contributed by atoms with Gasteiger partial charge in [0.2, 0.25) is 5.91 Å². The van der Waals surface area contributed by atoms with Crippen molar-refractivity contribution in [2.24, 2.45) is 5.73 Å². The summed E-state index contributed by atoms with van der Waals surface area (Å²) in [5, 5.41) is 16.2. The molecule has 0 heterocycles. The molecule has 0 spiro atoms. The van der Waals surface area contributed by atoms with Crippen molar-refractivity contribution in [2.45, 2.75) is 25.7 Å². The zero-order valence-electron chi connectivity index (χ0n) is 10.2. The molecule has 0 rings (SSSR count). The maximum atomic E-state index is 9.96. The summed E-state index contributed by atoms with van der Waals surface area (Å²) in [4.78, 5) is 31.5. The second-order valence-corrected chi connectivity index (χ2v) is 3.66. The highest BCUT2D eigenvalue weighted by molar-refractivity contribution is 5.79. The predicted octanol–water partition coefficient (Wildman–Crippen LogP) is -0.251. The molecule has 0 aromatic rings. The Labute approximate surface area is 100 Å². The van der Waals surface area contributed by atoms with E-state index in [2.05, 4.69) is 5.73 Å². The van der Waals surface area contributed by atoms with Crippen LogP contribution in [0.5, 0.6) is 0 Å². The van der Waals surface area contributed by atoms with Crippen LogP contribution in [0.4, 0.5) is 0 Å². The van der Waals surface area contributed by atoms with Crippen LogP contribution in [0.1, 0.15) is 25.7 Å². The molecule has 0 aliphatic carbocycles. The maximum Gasteiger partial charge on any atom is 0.303 e. The van der Waals surface area contributed by atoms with Crippen molar-refractivity contribution in [1.82, 2.24) is 4.90 Å². The molecule has 0 aromatic heterocycles. The summed E-state index contributed by atoms with van der Waals surface area (Å²) in [6, 6.07) is 0. The van der Waals surface area contributed by atoms with Crippen LogP contribution in [0.2, 0.25) is 0 Å². The number of hydrogen-bond acceptors (Lipinski definition) is 4. The van der Waals surface area contributed by atoms with Gasteiger partial charge < -0.3 is 20.8 Å². The van der Waals surface area contributed by atoms with Gasteiger partial charge in [0.1, 0.15) is 0 Å². The number of rotatable bonds is 7. The minimum Gasteiger partial charge on any atom is -0.481 e. The van der Waals surface area contributed by atoms with E-state index in [0.717, 1.165) is 13.0 Å². The molecule has 0 aromatic carbocycles. The molecule has 0 fully saturated rings. The Morgan fingerprint density at radius 1 is 1.00 bits per heavy atom. The van der Waals surface area contributed by atoms with E-state index in [4.69, 9.17) is 10.2 Å². The summed E-state index contributed by atoms with van der Waals surface area (Å²) in [5.41, 5.74) is 4.64. The van der Waals surface area contributed by atoms with Crippen LogP contribution in [0.3, 0.4) is 0 Å². The molecule has 17 heavy (non-hydrogen) atoms. The van der Waals surface area contributed by atoms with Gasteiger partial charge in [-0.25, -0.2) is 0 Å². The monoisotopic (exact) mass is 248 g/mol. The van der Waals surface area contributed by atoms with Gasteiger partial charge in [-0.2, -0.15) is 0 Å². The molecule has 0 saturated carbocycles. The second-order valence-electron chi connectivity index (χ2n) is 3.66. The van der Waals surface area contributed by atoms with Crippen LogP contribution in [0.15, 0.2) is 0 Å². The van der Waals surface area contributed by atoms with Crippen LogP contribution in [-0.4, -0.2) is 53.6 Å². The molecule has 7 nitrogen and oxygen atoms in total. The number of amides is 1. The van der Waals surface area contributed by atoms with Crippen LogP contribution < -0.4 is 5.73 Å². The lowest BCUT2D eigenvalue weighted by atomic mass is 10.3. The number of carbonyl (C=O) groups is 3. The molecule has 4 N–H and O–H groups in total. The molecule has 0 aliphatic rings. The molecule has 7 heteroatoms. The molecule has 1 amide bonds. The molecule has 0 unspecified atom stereocenters. The lowest BCUT2D eigenvalue weighted by molar-refractivity contribution is -0.138. The number of aliphatic carboxylic acids is 2. The summed E-state index contributed by atoms with van der Waals surface area (Å²) >= 11 is 0. The van der Waals surface area contributed by atoms with Crippen molar-refractivity contribution in [3.05, 3.63) is 0 Å². The number of nitrogens with zero attached hydrogens (tertiary/aromatic N) is 1. The second kappa shape index (κ2) is 10.9. The topological polar surface area (TPSA) is 121 Å². The van der Waals surface area contributed by atoms with Gasteiger partial charge in [0, 0.05) is 12.8 Å². The number of hydrogen-bond donors (Lipinski definition) is 3. The molecule has 0 bridgehead atoms. The third-order valence-corrected chi connectivity index (χ3v) is 1.58. The number of carbonyl (C=O) groups excluding carboxylic acids is 1. The molecule has 0 saturated heterocycles. The van der Waals surface area contributed by atoms with E-state index >= 15 is 0 Å². The third-order valence-electron chi connectivity index (χ3n) is 1.58. The van der Waals surface area contributed by atoms with Gasteiger partial charge in [0.25, 0.3) is 0 Å². The van der Waals surface area contributed by atoms with Crippen LogP contribution >= 0.6 is 0 Å². The van der Waals surface area contributed by atoms with E-state index in [0.29, 0.717) is 0 Å². The highest BCUT2D eigenvalue weighted by atomic mass is 16.4. The van der Waals surface area contributed by atoms with Gasteiger partial charge in [-0.3, -0.25) is 14.4 Å². The van der Waals surface area contributed by atoms with Crippen LogP contribution in [-0.2, 0) is 14.4 Å². The van der Waals surface area contributed by atoms with Gasteiger partial charge in [-0.15, -0.1) is 0 Å². The third kappa shape index (κ3) is 25.0. The zero-order valence-corrected chi connectivity index (χ0v) is 10.2. The molecular weight excluding hydrogens is 228 g/mol. The standard InChI is InChI=1S/C6H13NO2.C4H7NO3/c1-7(2)5-3-4-6(8)9;5-3(6)1-2-4(7)8/h3-5H2,1-2H3,(H,8,9);1-2H2,(H2,5,6)(H,7,8). The van der Waals surface area contributed by atoms with E-state index in [1.165, 1.54) is 0 Å². The van der Waals surface area contributed by atoms with Gasteiger partial charge in [-0.05, 0) is 27.1 Å². The lowest BCUT2D eigenvalue weighted by Gasteiger charge is -2.06. The first-order valence-electron chi connectivity index (χ1n) is 5.12. The number of carboxylic acid groups (broad SMARTS) is 2. The van der Waals surface area contributed by atoms with E-state index in [1.807, 2.05) is 19.0 Å². The number of carboxylic acids is 2. The normalized spacial score (nSPS) is 9.35. The SMILES string of the molecule is CN(C)CCCC(=O)O.NC(=O)CCC(=O)O. The molecule has 0 atom stereocenters. The first-order chi connectivity index (χ1) is 7.75. The Morgan fingerprint density at radius 3 is 1.71 bits per heavy atom. The molecule has 100 valence electrons. The Morgan fingerprint density at radius 2 is 1.47 bits per heavy atom. The van der Waals surface area contributed by atoms with E-state index in [9.17, 15) is 14.4 Å². The van der Waals surface area contributed by atoms with Crippen LogP contribution in [0, 0.1) is 0 Å². The molecular formula is C10H20N2O5. The van der Waals surface area contributed by atoms with Gasteiger partial charge in [-0.1, -0.05) is 0 Å². The van der Waals surface area contributed by atoms with Crippen molar-refractivity contribution in [1.29, 1.82) is 0 Å². The highest BCUT2D eigenvalue weighted by Gasteiger charge is 1.98. The smallest absolute Gasteiger partial charge is 0.303 e. The van der Waals surface area contributed by atoms with Crippen molar-refractivity contribution >= 4 is 17.8 Å². The van der Waals surface area contributed by atoms with Crippen molar-refractivity contribution in [3.63, 3.8) is 0 Å². The van der Waals surface area contributed by atoms with Gasteiger partial charge in [0.15, 0.2) is 0 Å². The van der Waals surface area contributed by atoms with E-state index in [1.54, 1.807) is 0 Å². The largest absolute Gasteiger partial charge is 0.481 e. The van der Waals surface area contributed by atoms with E-state index < -0.39 is 17.8 Å². The van der Waals surface area contributed by atoms with Gasteiger partial charge >= 0.3 is 11.9 Å². The predicted molar refractivity (Wildman–Crippen MR) is 61.5 cm³/mol. The maximum absolute atomic E-state index is 9.96. The summed E-state index contributed by atoms with van der Waals surface area (Å²) in [6.07, 6.45) is 0.769. The van der Waals surface area contributed by atoms with Gasteiger partial charge in [0.05, 0.1) is 6.42 Å². The summed E-state index contributed by atoms with van der Waals surface area (Å²) in [6.45, 7) is 0.853. The van der Waals surface area contributed by atoms with Crippen molar-refractivity contribution < 1.29 is 24.6 Å². The minimum absolute atomic E-state index is 0.0741. The van der Waals surface area contributed by atoms with E-state index in [-0.39, 0.29) is 19.3 Å². The van der Waals surface area contributed by atoms with Crippen molar-refractivity contribution in [3.8, 4) is 0 Å². The number of nitrogens with two attached hydrogens (primary N) is 1. The average Bonchev–Trinajstić information content (AvgIpc) is 2.14. The highest BCUT2D eigenvalue weighted by Crippen LogP contribution is 1.89. The fourth-order valence-corrected chi connectivity index (χ4v) is 0.777. The fourth-order valence-electron chi connectivity index (χ4n) is 0.777. The Kier molecular flexibility index (Phi) is 11.4. The Balaban J connectivity index is 0. The lowest BCUT2D eigenvalue weighted by Crippen LogP contribution is -2.13. The fraction of sp³-hybridized carbons (Fsp3) is 0.700. The van der Waals surface area contributed by atoms with Crippen molar-refractivity contribution in [2.75, 3.05) is 20.6 Å². The molecule has 0 radical (unpaired) electrons. The number of primary amides is 1. The first kappa shape index (κ1) is 17.8. The quantitative estimate of drug-likeness (QED) is 0.571. The summed E-state index contributed by atoms with van der Waals surface area (Å²) in [5.74, 6) is -2.28.